The van der Waals surface area contributed by atoms with Gasteiger partial charge in [0.2, 0.25) is 0 Å². The topological polar surface area (TPSA) is 15.8 Å². The second kappa shape index (κ2) is 5.40. The number of aromatic nitrogens is 1. The molecule has 0 fully saturated rings. The Bertz CT molecular complexity index is 893. The first-order valence-electron chi connectivity index (χ1n) is 7.08. The van der Waals surface area contributed by atoms with E-state index in [1.807, 2.05) is 0 Å². The third-order valence-electron chi connectivity index (χ3n) is 3.74. The molecule has 1 aromatic heterocycles. The second-order valence-electron chi connectivity index (χ2n) is 5.12. The maximum absolute atomic E-state index is 3.60. The van der Waals surface area contributed by atoms with Crippen LogP contribution in [-0.4, -0.2) is 19.9 Å². The van der Waals surface area contributed by atoms with Gasteiger partial charge in [0, 0.05) is 0 Å². The SMILES string of the molecule is c1ccc(C[Se]c2cccc3c2[nH]c2ccccc23)cc1. The van der Waals surface area contributed by atoms with Gasteiger partial charge in [0.25, 0.3) is 0 Å². The quantitative estimate of drug-likeness (QED) is 0.547. The third-order valence-corrected chi connectivity index (χ3v) is 6.11. The molecule has 4 rings (SSSR count). The van der Waals surface area contributed by atoms with E-state index in [9.17, 15) is 0 Å². The van der Waals surface area contributed by atoms with Crippen LogP contribution in [0.4, 0.5) is 0 Å². The minimum absolute atomic E-state index is 0.446. The van der Waals surface area contributed by atoms with E-state index >= 15 is 0 Å². The van der Waals surface area contributed by atoms with Gasteiger partial charge in [-0.05, 0) is 0 Å². The fraction of sp³-hybridized carbons (Fsp3) is 0.0526. The molecule has 1 heterocycles. The third kappa shape index (κ3) is 2.37. The molecule has 0 spiro atoms. The van der Waals surface area contributed by atoms with Crippen molar-refractivity contribution in [1.29, 1.82) is 0 Å². The van der Waals surface area contributed by atoms with Crippen molar-refractivity contribution < 1.29 is 0 Å². The standard InChI is InChI=1S/C19H15NSe/c1-2-7-14(8-3-1)13-21-18-12-6-10-16-15-9-4-5-11-17(15)20-19(16)18/h1-12,20H,13H2. The molecule has 102 valence electrons. The van der Waals surface area contributed by atoms with E-state index in [1.165, 1.54) is 31.8 Å². The molecule has 0 amide bonds. The molecular weight excluding hydrogens is 321 g/mol. The monoisotopic (exact) mass is 337 g/mol. The molecule has 4 aromatic rings. The summed E-state index contributed by atoms with van der Waals surface area (Å²) in [6.45, 7) is 0. The summed E-state index contributed by atoms with van der Waals surface area (Å²) in [5, 5.41) is 3.81. The van der Waals surface area contributed by atoms with E-state index in [0.717, 1.165) is 5.32 Å². The zero-order chi connectivity index (χ0) is 14.1. The molecule has 0 saturated heterocycles. The second-order valence-corrected chi connectivity index (χ2v) is 7.26. The summed E-state index contributed by atoms with van der Waals surface area (Å²) in [5.74, 6) is 0. The van der Waals surface area contributed by atoms with Gasteiger partial charge >= 0.3 is 130 Å². The Morgan fingerprint density at radius 2 is 1.48 bits per heavy atom. The summed E-state index contributed by atoms with van der Waals surface area (Å²) >= 11 is 0.446. The first kappa shape index (κ1) is 12.7. The summed E-state index contributed by atoms with van der Waals surface area (Å²) in [7, 11) is 0. The van der Waals surface area contributed by atoms with Gasteiger partial charge in [0.15, 0.2) is 0 Å². The molecule has 0 aliphatic carbocycles. The molecule has 0 bridgehead atoms. The Morgan fingerprint density at radius 1 is 0.714 bits per heavy atom. The van der Waals surface area contributed by atoms with Crippen molar-refractivity contribution in [3.05, 3.63) is 78.4 Å². The van der Waals surface area contributed by atoms with Crippen LogP contribution in [0.25, 0.3) is 21.8 Å². The minimum atomic E-state index is 0.446. The number of H-pyrrole nitrogens is 1. The molecule has 0 atom stereocenters. The van der Waals surface area contributed by atoms with Gasteiger partial charge in [-0.1, -0.05) is 0 Å². The van der Waals surface area contributed by atoms with Gasteiger partial charge in [0.1, 0.15) is 0 Å². The molecule has 3 aromatic carbocycles. The molecule has 0 saturated carbocycles. The van der Waals surface area contributed by atoms with Crippen LogP contribution >= 0.6 is 0 Å². The van der Waals surface area contributed by atoms with Crippen molar-refractivity contribution >= 4 is 41.2 Å². The molecule has 21 heavy (non-hydrogen) atoms. The van der Waals surface area contributed by atoms with Crippen molar-refractivity contribution in [3.63, 3.8) is 0 Å². The van der Waals surface area contributed by atoms with Crippen LogP contribution in [0.5, 0.6) is 0 Å². The van der Waals surface area contributed by atoms with E-state index in [0.29, 0.717) is 15.0 Å². The number of para-hydroxylation sites is 2. The van der Waals surface area contributed by atoms with E-state index in [1.54, 1.807) is 0 Å². The Balaban J connectivity index is 1.75. The van der Waals surface area contributed by atoms with Gasteiger partial charge in [-0.15, -0.1) is 0 Å². The first-order chi connectivity index (χ1) is 10.4. The van der Waals surface area contributed by atoms with Gasteiger partial charge in [-0.2, -0.15) is 0 Å². The summed E-state index contributed by atoms with van der Waals surface area (Å²) in [4.78, 5) is 3.60. The van der Waals surface area contributed by atoms with Gasteiger partial charge in [0.05, 0.1) is 0 Å². The van der Waals surface area contributed by atoms with Crippen LogP contribution in [-0.2, 0) is 5.32 Å². The number of benzene rings is 3. The van der Waals surface area contributed by atoms with Crippen LogP contribution < -0.4 is 4.46 Å². The predicted molar refractivity (Wildman–Crippen MR) is 91.3 cm³/mol. The van der Waals surface area contributed by atoms with Crippen molar-refractivity contribution in [2.45, 2.75) is 5.32 Å². The van der Waals surface area contributed by atoms with Crippen molar-refractivity contribution in [2.75, 3.05) is 0 Å². The van der Waals surface area contributed by atoms with Crippen molar-refractivity contribution in [1.82, 2.24) is 4.98 Å². The molecule has 1 nitrogen and oxygen atoms in total. The zero-order valence-corrected chi connectivity index (χ0v) is 13.3. The average Bonchev–Trinajstić information content (AvgIpc) is 2.93. The van der Waals surface area contributed by atoms with Crippen molar-refractivity contribution in [3.8, 4) is 0 Å². The number of aromatic amines is 1. The Kier molecular flexibility index (Phi) is 3.27. The first-order valence-corrected chi connectivity index (χ1v) is 9.15. The summed E-state index contributed by atoms with van der Waals surface area (Å²) in [6.07, 6.45) is 0. The fourth-order valence-corrected chi connectivity index (χ4v) is 4.79. The molecule has 0 aliphatic rings. The van der Waals surface area contributed by atoms with E-state index in [2.05, 4.69) is 77.8 Å². The van der Waals surface area contributed by atoms with E-state index < -0.39 is 0 Å². The Hall–Kier alpha value is -2.02. The summed E-state index contributed by atoms with van der Waals surface area (Å²) in [5.41, 5.74) is 3.97. The fourth-order valence-electron chi connectivity index (χ4n) is 2.70. The van der Waals surface area contributed by atoms with E-state index in [4.69, 9.17) is 0 Å². The van der Waals surface area contributed by atoms with Crippen LogP contribution in [0.1, 0.15) is 5.56 Å². The molecule has 0 unspecified atom stereocenters. The predicted octanol–water partition coefficient (Wildman–Crippen LogP) is 3.85. The Morgan fingerprint density at radius 3 is 2.38 bits per heavy atom. The number of nitrogens with one attached hydrogen (secondary N) is 1. The molecule has 0 aliphatic heterocycles. The molecule has 0 radical (unpaired) electrons. The molecule has 1 N–H and O–H groups in total. The van der Waals surface area contributed by atoms with Crippen LogP contribution in [0.3, 0.4) is 0 Å². The van der Waals surface area contributed by atoms with Gasteiger partial charge in [-0.3, -0.25) is 0 Å². The average molecular weight is 336 g/mol. The van der Waals surface area contributed by atoms with Gasteiger partial charge < -0.3 is 0 Å². The van der Waals surface area contributed by atoms with E-state index in [-0.39, 0.29) is 0 Å². The normalized spacial score (nSPS) is 11.2. The number of hydrogen-bond acceptors (Lipinski definition) is 0. The van der Waals surface area contributed by atoms with Crippen LogP contribution in [0, 0.1) is 0 Å². The number of fused-ring (bicyclic) bond motifs is 3. The summed E-state index contributed by atoms with van der Waals surface area (Å²) in [6, 6.07) is 26.0. The van der Waals surface area contributed by atoms with Crippen molar-refractivity contribution in [2.24, 2.45) is 0 Å². The van der Waals surface area contributed by atoms with Crippen LogP contribution in [0.2, 0.25) is 0 Å². The molecule has 2 heteroatoms. The number of hydrogen-bond donors (Lipinski definition) is 1. The van der Waals surface area contributed by atoms with Crippen LogP contribution in [0.15, 0.2) is 72.8 Å². The summed E-state index contributed by atoms with van der Waals surface area (Å²) < 4.78 is 1.46. The number of rotatable bonds is 3. The zero-order valence-electron chi connectivity index (χ0n) is 11.5. The Labute approximate surface area is 130 Å². The maximum atomic E-state index is 3.60. The van der Waals surface area contributed by atoms with Gasteiger partial charge in [-0.25, -0.2) is 0 Å². The molecular formula is C19H15NSe.